The van der Waals surface area contributed by atoms with Gasteiger partial charge in [0.1, 0.15) is 0 Å². The molecule has 0 aliphatic rings. The molecule has 3 N–H and O–H groups in total. The van der Waals surface area contributed by atoms with Crippen LogP contribution in [0.25, 0.3) is 0 Å². The average molecular weight is 349 g/mol. The lowest BCUT2D eigenvalue weighted by Crippen LogP contribution is -2.08. The number of nitrogens with two attached hydrogens (primary N) is 1. The Hall–Kier alpha value is -2.01. The van der Waals surface area contributed by atoms with Crippen molar-refractivity contribution in [2.75, 3.05) is 17.7 Å². The van der Waals surface area contributed by atoms with E-state index < -0.39 is 5.97 Å². The van der Waals surface area contributed by atoms with E-state index in [9.17, 15) is 4.79 Å². The van der Waals surface area contributed by atoms with E-state index in [0.717, 1.165) is 21.4 Å². The van der Waals surface area contributed by atoms with E-state index in [0.29, 0.717) is 17.9 Å². The molecule has 0 amide bonds. The topological polar surface area (TPSA) is 64.3 Å². The number of halogens is 1. The van der Waals surface area contributed by atoms with Gasteiger partial charge >= 0.3 is 5.97 Å². The Bertz CT molecular complexity index is 671. The van der Waals surface area contributed by atoms with Gasteiger partial charge in [0.15, 0.2) is 0 Å². The second-order valence-electron chi connectivity index (χ2n) is 4.61. The Balaban J connectivity index is 2.26. The van der Waals surface area contributed by atoms with Gasteiger partial charge in [-0.25, -0.2) is 4.79 Å². The number of hydrogen-bond donors (Lipinski definition) is 2. The fraction of sp³-hybridized carbons (Fsp3) is 0.188. The zero-order valence-electron chi connectivity index (χ0n) is 11.9. The molecule has 4 nitrogen and oxygen atoms in total. The summed E-state index contributed by atoms with van der Waals surface area (Å²) in [4.78, 5) is 11.8. The first-order chi connectivity index (χ1) is 10.0. The third kappa shape index (κ3) is 3.76. The van der Waals surface area contributed by atoms with Crippen LogP contribution in [0.3, 0.4) is 0 Å². The number of ether oxygens (including phenoxy) is 1. The van der Waals surface area contributed by atoms with E-state index in [4.69, 9.17) is 10.5 Å². The van der Waals surface area contributed by atoms with Crippen molar-refractivity contribution in [3.05, 3.63) is 52.0 Å². The SMILES string of the molecule is CCOC(=O)c1cc(Nc2ccc(C)c(Br)c2)ccc1N. The minimum Gasteiger partial charge on any atom is -0.462 e. The van der Waals surface area contributed by atoms with Crippen molar-refractivity contribution >= 4 is 39.0 Å². The molecule has 110 valence electrons. The van der Waals surface area contributed by atoms with Crippen LogP contribution in [0.5, 0.6) is 0 Å². The second-order valence-corrected chi connectivity index (χ2v) is 5.47. The molecule has 0 saturated heterocycles. The molecule has 0 atom stereocenters. The molecule has 2 aromatic rings. The average Bonchev–Trinajstić information content (AvgIpc) is 2.45. The summed E-state index contributed by atoms with van der Waals surface area (Å²) in [5.41, 5.74) is 9.46. The number of carbonyl (C=O) groups is 1. The lowest BCUT2D eigenvalue weighted by Gasteiger charge is -2.11. The number of nitrogens with one attached hydrogen (secondary N) is 1. The molecule has 0 radical (unpaired) electrons. The minimum absolute atomic E-state index is 0.320. The largest absolute Gasteiger partial charge is 0.462 e. The van der Waals surface area contributed by atoms with Crippen molar-refractivity contribution in [2.24, 2.45) is 0 Å². The van der Waals surface area contributed by atoms with Gasteiger partial charge in [0, 0.05) is 21.5 Å². The summed E-state index contributed by atoms with van der Waals surface area (Å²) >= 11 is 3.50. The van der Waals surface area contributed by atoms with Gasteiger partial charge < -0.3 is 15.8 Å². The maximum Gasteiger partial charge on any atom is 0.340 e. The quantitative estimate of drug-likeness (QED) is 0.639. The van der Waals surface area contributed by atoms with Crippen molar-refractivity contribution in [2.45, 2.75) is 13.8 Å². The molecule has 0 heterocycles. The standard InChI is InChI=1S/C16H17BrN2O2/c1-3-21-16(20)13-8-11(6-7-15(13)18)19-12-5-4-10(2)14(17)9-12/h4-9,19H,3,18H2,1-2H3. The molecule has 0 unspecified atom stereocenters. The number of anilines is 3. The molecule has 21 heavy (non-hydrogen) atoms. The summed E-state index contributed by atoms with van der Waals surface area (Å²) in [6.45, 7) is 4.11. The third-order valence-electron chi connectivity index (χ3n) is 3.01. The molecule has 0 aromatic heterocycles. The van der Waals surface area contributed by atoms with Gasteiger partial charge in [0.2, 0.25) is 0 Å². The Morgan fingerprint density at radius 2 is 1.90 bits per heavy atom. The zero-order chi connectivity index (χ0) is 15.4. The van der Waals surface area contributed by atoms with Gasteiger partial charge in [0.05, 0.1) is 12.2 Å². The lowest BCUT2D eigenvalue weighted by atomic mass is 10.1. The van der Waals surface area contributed by atoms with Crippen LogP contribution in [-0.2, 0) is 4.74 Å². The maximum atomic E-state index is 11.8. The van der Waals surface area contributed by atoms with Crippen molar-refractivity contribution < 1.29 is 9.53 Å². The first-order valence-electron chi connectivity index (χ1n) is 6.61. The monoisotopic (exact) mass is 348 g/mol. The molecule has 0 bridgehead atoms. The predicted octanol–water partition coefficient (Wildman–Crippen LogP) is 4.26. The predicted molar refractivity (Wildman–Crippen MR) is 89.0 cm³/mol. The van der Waals surface area contributed by atoms with E-state index in [1.54, 1.807) is 19.1 Å². The van der Waals surface area contributed by atoms with Crippen molar-refractivity contribution in [3.8, 4) is 0 Å². The van der Waals surface area contributed by atoms with Crippen molar-refractivity contribution in [1.29, 1.82) is 0 Å². The van der Waals surface area contributed by atoms with Gasteiger partial charge in [0.25, 0.3) is 0 Å². The van der Waals surface area contributed by atoms with E-state index in [2.05, 4.69) is 21.2 Å². The smallest absolute Gasteiger partial charge is 0.340 e. The van der Waals surface area contributed by atoms with E-state index >= 15 is 0 Å². The normalized spacial score (nSPS) is 10.2. The number of nitrogen functional groups attached to an aromatic ring is 1. The van der Waals surface area contributed by atoms with E-state index in [1.807, 2.05) is 31.2 Å². The molecular weight excluding hydrogens is 332 g/mol. The number of benzene rings is 2. The summed E-state index contributed by atoms with van der Waals surface area (Å²) in [6.07, 6.45) is 0. The zero-order valence-corrected chi connectivity index (χ0v) is 13.5. The highest BCUT2D eigenvalue weighted by atomic mass is 79.9. The number of carbonyl (C=O) groups excluding carboxylic acids is 1. The Morgan fingerprint density at radius 1 is 1.24 bits per heavy atom. The maximum absolute atomic E-state index is 11.8. The molecule has 0 aliphatic heterocycles. The van der Waals surface area contributed by atoms with Crippen molar-refractivity contribution in [3.63, 3.8) is 0 Å². The molecule has 0 spiro atoms. The molecular formula is C16H17BrN2O2. The van der Waals surface area contributed by atoms with Gasteiger partial charge in [-0.3, -0.25) is 0 Å². The minimum atomic E-state index is -0.413. The second kappa shape index (κ2) is 6.63. The van der Waals surface area contributed by atoms with Crippen LogP contribution < -0.4 is 11.1 Å². The van der Waals surface area contributed by atoms with Crippen LogP contribution in [0.15, 0.2) is 40.9 Å². The first-order valence-corrected chi connectivity index (χ1v) is 7.40. The molecule has 2 aromatic carbocycles. The molecule has 0 aliphatic carbocycles. The summed E-state index contributed by atoms with van der Waals surface area (Å²) in [7, 11) is 0. The Morgan fingerprint density at radius 3 is 2.57 bits per heavy atom. The summed E-state index contributed by atoms with van der Waals surface area (Å²) in [5.74, 6) is -0.413. The lowest BCUT2D eigenvalue weighted by molar-refractivity contribution is 0.0527. The summed E-state index contributed by atoms with van der Waals surface area (Å²) < 4.78 is 6.02. The van der Waals surface area contributed by atoms with Crippen LogP contribution in [0.1, 0.15) is 22.8 Å². The highest BCUT2D eigenvalue weighted by Gasteiger charge is 2.11. The molecule has 0 saturated carbocycles. The fourth-order valence-electron chi connectivity index (χ4n) is 1.86. The first kappa shape index (κ1) is 15.4. The number of rotatable bonds is 4. The summed E-state index contributed by atoms with van der Waals surface area (Å²) in [6, 6.07) is 11.2. The van der Waals surface area contributed by atoms with Crippen LogP contribution in [0, 0.1) is 6.92 Å². The van der Waals surface area contributed by atoms with Crippen molar-refractivity contribution in [1.82, 2.24) is 0 Å². The molecule has 2 rings (SSSR count). The Kier molecular flexibility index (Phi) is 4.85. The number of aryl methyl sites for hydroxylation is 1. The highest BCUT2D eigenvalue weighted by molar-refractivity contribution is 9.10. The van der Waals surface area contributed by atoms with Gasteiger partial charge in [-0.05, 0) is 49.7 Å². The number of hydrogen-bond acceptors (Lipinski definition) is 4. The Labute approximate surface area is 132 Å². The molecule has 5 heteroatoms. The van der Waals surface area contributed by atoms with Gasteiger partial charge in [-0.1, -0.05) is 22.0 Å². The van der Waals surface area contributed by atoms with Gasteiger partial charge in [-0.15, -0.1) is 0 Å². The van der Waals surface area contributed by atoms with Crippen LogP contribution >= 0.6 is 15.9 Å². The van der Waals surface area contributed by atoms with E-state index in [1.165, 1.54) is 0 Å². The van der Waals surface area contributed by atoms with Crippen LogP contribution in [0.2, 0.25) is 0 Å². The molecule has 0 fully saturated rings. The van der Waals surface area contributed by atoms with Gasteiger partial charge in [-0.2, -0.15) is 0 Å². The van der Waals surface area contributed by atoms with Crippen LogP contribution in [-0.4, -0.2) is 12.6 Å². The van der Waals surface area contributed by atoms with E-state index in [-0.39, 0.29) is 0 Å². The fourth-order valence-corrected chi connectivity index (χ4v) is 2.24. The van der Waals surface area contributed by atoms with Crippen LogP contribution in [0.4, 0.5) is 17.1 Å². The highest BCUT2D eigenvalue weighted by Crippen LogP contribution is 2.25. The summed E-state index contributed by atoms with van der Waals surface area (Å²) in [5, 5.41) is 3.24. The third-order valence-corrected chi connectivity index (χ3v) is 3.86. The number of esters is 1.